The lowest BCUT2D eigenvalue weighted by atomic mass is 9.67. The second-order valence-corrected chi connectivity index (χ2v) is 10.7. The lowest BCUT2D eigenvalue weighted by Gasteiger charge is -2.45. The van der Waals surface area contributed by atoms with Crippen LogP contribution < -0.4 is 11.1 Å². The Labute approximate surface area is 174 Å². The molecule has 4 rings (SSSR count). The van der Waals surface area contributed by atoms with E-state index in [1.165, 1.54) is 12.0 Å². The largest absolute Gasteiger partial charge is 0.353 e. The van der Waals surface area contributed by atoms with Crippen LogP contribution in [0.15, 0.2) is 23.1 Å². The van der Waals surface area contributed by atoms with Crippen LogP contribution in [0.25, 0.3) is 0 Å². The molecule has 2 unspecified atom stereocenters. The first-order chi connectivity index (χ1) is 12.9. The van der Waals surface area contributed by atoms with Gasteiger partial charge in [-0.2, -0.15) is 0 Å². The van der Waals surface area contributed by atoms with Gasteiger partial charge in [0.05, 0.1) is 10.6 Å². The van der Waals surface area contributed by atoms with Gasteiger partial charge in [-0.05, 0) is 80.0 Å². The molecular formula is C21H31ClN2O3S. The van der Waals surface area contributed by atoms with Crippen molar-refractivity contribution >= 4 is 28.2 Å². The molecule has 0 radical (unpaired) electrons. The summed E-state index contributed by atoms with van der Waals surface area (Å²) in [4.78, 5) is 12.8. The maximum absolute atomic E-state index is 12.7. The summed E-state index contributed by atoms with van der Waals surface area (Å²) in [5.74, 6) is 0.630. The zero-order chi connectivity index (χ0) is 19.0. The SMILES string of the molecule is Cl.NC1CC2CCCC(C1)C2NC(=O)CCS(=O)(=O)c1ccc2c(c1)CCC2. The van der Waals surface area contributed by atoms with Crippen molar-refractivity contribution in [3.05, 3.63) is 29.3 Å². The topological polar surface area (TPSA) is 89.3 Å². The van der Waals surface area contributed by atoms with Gasteiger partial charge in [0.15, 0.2) is 9.84 Å². The van der Waals surface area contributed by atoms with E-state index >= 15 is 0 Å². The van der Waals surface area contributed by atoms with Gasteiger partial charge in [-0.25, -0.2) is 8.42 Å². The molecule has 5 nitrogen and oxygen atoms in total. The van der Waals surface area contributed by atoms with E-state index in [0.717, 1.165) is 50.5 Å². The van der Waals surface area contributed by atoms with E-state index in [4.69, 9.17) is 5.73 Å². The van der Waals surface area contributed by atoms with Crippen LogP contribution in [0.4, 0.5) is 0 Å². The quantitative estimate of drug-likeness (QED) is 0.757. The highest BCUT2D eigenvalue weighted by Crippen LogP contribution is 2.39. The van der Waals surface area contributed by atoms with Crippen LogP contribution in [0, 0.1) is 11.8 Å². The molecule has 3 N–H and O–H groups in total. The maximum Gasteiger partial charge on any atom is 0.221 e. The molecule has 2 fully saturated rings. The molecule has 2 bridgehead atoms. The first-order valence-corrected chi connectivity index (χ1v) is 12.0. The highest BCUT2D eigenvalue weighted by atomic mass is 35.5. The van der Waals surface area contributed by atoms with Crippen LogP contribution in [-0.4, -0.2) is 32.2 Å². The number of nitrogens with one attached hydrogen (secondary N) is 1. The average molecular weight is 427 g/mol. The van der Waals surface area contributed by atoms with E-state index in [0.29, 0.717) is 16.7 Å². The zero-order valence-corrected chi connectivity index (χ0v) is 17.9. The van der Waals surface area contributed by atoms with Gasteiger partial charge >= 0.3 is 0 Å². The fourth-order valence-electron chi connectivity index (χ4n) is 5.37. The van der Waals surface area contributed by atoms with E-state index in [1.807, 2.05) is 12.1 Å². The van der Waals surface area contributed by atoms with Gasteiger partial charge in [0, 0.05) is 18.5 Å². The number of halogens is 1. The van der Waals surface area contributed by atoms with Crippen molar-refractivity contribution in [1.82, 2.24) is 5.32 Å². The lowest BCUT2D eigenvalue weighted by molar-refractivity contribution is -0.123. The number of benzene rings is 1. The number of fused-ring (bicyclic) bond motifs is 3. The van der Waals surface area contributed by atoms with E-state index in [1.54, 1.807) is 6.07 Å². The molecule has 7 heteroatoms. The summed E-state index contributed by atoms with van der Waals surface area (Å²) in [7, 11) is -3.43. The number of carbonyl (C=O) groups excluding carboxylic acids is 1. The van der Waals surface area contributed by atoms with Crippen LogP contribution >= 0.6 is 12.4 Å². The van der Waals surface area contributed by atoms with Gasteiger partial charge < -0.3 is 11.1 Å². The van der Waals surface area contributed by atoms with Crippen molar-refractivity contribution in [2.24, 2.45) is 17.6 Å². The van der Waals surface area contributed by atoms with Crippen molar-refractivity contribution in [3.8, 4) is 0 Å². The van der Waals surface area contributed by atoms with Crippen LogP contribution in [0.3, 0.4) is 0 Å². The van der Waals surface area contributed by atoms with Crippen molar-refractivity contribution in [1.29, 1.82) is 0 Å². The molecule has 2 saturated carbocycles. The number of nitrogens with two attached hydrogens (primary N) is 1. The number of hydrogen-bond donors (Lipinski definition) is 2. The molecule has 156 valence electrons. The van der Waals surface area contributed by atoms with Crippen LogP contribution in [0.5, 0.6) is 0 Å². The minimum Gasteiger partial charge on any atom is -0.353 e. The Kier molecular flexibility index (Phi) is 6.72. The summed E-state index contributed by atoms with van der Waals surface area (Å²) in [5.41, 5.74) is 8.55. The smallest absolute Gasteiger partial charge is 0.221 e. The fraction of sp³-hybridized carbons (Fsp3) is 0.667. The molecule has 0 aromatic heterocycles. The highest BCUT2D eigenvalue weighted by molar-refractivity contribution is 7.91. The van der Waals surface area contributed by atoms with Gasteiger partial charge in [0.25, 0.3) is 0 Å². The molecular weight excluding hydrogens is 396 g/mol. The van der Waals surface area contributed by atoms with Crippen molar-refractivity contribution < 1.29 is 13.2 Å². The molecule has 3 aliphatic carbocycles. The number of rotatable bonds is 5. The molecule has 1 aromatic carbocycles. The normalized spacial score (nSPS) is 28.9. The molecule has 1 amide bonds. The zero-order valence-electron chi connectivity index (χ0n) is 16.2. The molecule has 0 aliphatic heterocycles. The Morgan fingerprint density at radius 2 is 1.75 bits per heavy atom. The number of amides is 1. The van der Waals surface area contributed by atoms with Gasteiger partial charge in [0.2, 0.25) is 5.91 Å². The Balaban J connectivity index is 0.00000225. The molecule has 3 aliphatic rings. The molecule has 0 spiro atoms. The standard InChI is InChI=1S/C21H30N2O3S.ClH/c22-18-11-16-5-2-6-17(12-18)21(16)23-20(24)9-10-27(25,26)19-8-7-14-3-1-4-15(14)13-19;/h7-8,13,16-18,21H,1-6,9-12,22H2,(H,23,24);1H. The average Bonchev–Trinajstić information content (AvgIpc) is 3.09. The molecule has 0 saturated heterocycles. The fourth-order valence-corrected chi connectivity index (χ4v) is 6.66. The van der Waals surface area contributed by atoms with Gasteiger partial charge in [-0.3, -0.25) is 4.79 Å². The second-order valence-electron chi connectivity index (χ2n) is 8.63. The van der Waals surface area contributed by atoms with Crippen LogP contribution in [0.2, 0.25) is 0 Å². The Morgan fingerprint density at radius 1 is 1.07 bits per heavy atom. The van der Waals surface area contributed by atoms with E-state index in [-0.39, 0.29) is 42.6 Å². The third kappa shape index (κ3) is 4.55. The van der Waals surface area contributed by atoms with Crippen LogP contribution in [-0.2, 0) is 27.5 Å². The van der Waals surface area contributed by atoms with Gasteiger partial charge in [0.1, 0.15) is 0 Å². The number of sulfone groups is 1. The number of aryl methyl sites for hydroxylation is 2. The molecule has 0 heterocycles. The minimum absolute atomic E-state index is 0. The Hall–Kier alpha value is -1.11. The summed E-state index contributed by atoms with van der Waals surface area (Å²) in [6, 6.07) is 5.86. The molecule has 28 heavy (non-hydrogen) atoms. The number of hydrogen-bond acceptors (Lipinski definition) is 4. The highest BCUT2D eigenvalue weighted by Gasteiger charge is 2.39. The first kappa shape index (κ1) is 21.6. The monoisotopic (exact) mass is 426 g/mol. The van der Waals surface area contributed by atoms with E-state index in [9.17, 15) is 13.2 Å². The summed E-state index contributed by atoms with van der Waals surface area (Å²) in [5, 5.41) is 3.15. The van der Waals surface area contributed by atoms with Crippen molar-refractivity contribution in [2.45, 2.75) is 74.8 Å². The first-order valence-electron chi connectivity index (χ1n) is 10.3. The minimum atomic E-state index is -3.43. The predicted octanol–water partition coefficient (Wildman–Crippen LogP) is 2.78. The third-order valence-corrected chi connectivity index (χ3v) is 8.44. The Morgan fingerprint density at radius 3 is 2.46 bits per heavy atom. The second kappa shape index (κ2) is 8.72. The third-order valence-electron chi connectivity index (χ3n) is 6.73. The summed E-state index contributed by atoms with van der Waals surface area (Å²) >= 11 is 0. The van der Waals surface area contributed by atoms with Crippen molar-refractivity contribution in [3.63, 3.8) is 0 Å². The maximum atomic E-state index is 12.7. The van der Waals surface area contributed by atoms with Crippen molar-refractivity contribution in [2.75, 3.05) is 5.75 Å². The van der Waals surface area contributed by atoms with Gasteiger partial charge in [-0.15, -0.1) is 12.4 Å². The summed E-state index contributed by atoms with van der Waals surface area (Å²) < 4.78 is 25.3. The number of carbonyl (C=O) groups is 1. The predicted molar refractivity (Wildman–Crippen MR) is 112 cm³/mol. The summed E-state index contributed by atoms with van der Waals surface area (Å²) in [6.07, 6.45) is 8.48. The van der Waals surface area contributed by atoms with Gasteiger partial charge in [-0.1, -0.05) is 12.5 Å². The molecule has 2 atom stereocenters. The molecule has 1 aromatic rings. The lowest BCUT2D eigenvalue weighted by Crippen LogP contribution is -2.53. The Bertz CT molecular complexity index is 813. The van der Waals surface area contributed by atoms with E-state index in [2.05, 4.69) is 5.32 Å². The van der Waals surface area contributed by atoms with E-state index < -0.39 is 9.84 Å². The van der Waals surface area contributed by atoms with Crippen LogP contribution in [0.1, 0.15) is 56.1 Å². The summed E-state index contributed by atoms with van der Waals surface area (Å²) in [6.45, 7) is 0.